The van der Waals surface area contributed by atoms with Crippen LogP contribution in [0, 0.1) is 5.41 Å². The van der Waals surface area contributed by atoms with Gasteiger partial charge in [0.1, 0.15) is 12.1 Å². The standard InChI is InChI=1S/C33H52N4O3S/c1-10-23(4)21-41-27(22(2)3)25-15-13-24(14-16-25)20-34-29(38)26-12-11-19-37(26)30(39)28(32(5,6)7)35-31(40)33(17-18-33)36(8)9/h13,15,21,26,28H,10-12,14,16-20H2,1-9H3,(H,34,38)(H,35,40). The highest BCUT2D eigenvalue weighted by atomic mass is 32.2. The maximum absolute atomic E-state index is 13.8. The number of hydrogen-bond acceptors (Lipinski definition) is 5. The van der Waals surface area contributed by atoms with Crippen molar-refractivity contribution in [1.29, 1.82) is 0 Å². The summed E-state index contributed by atoms with van der Waals surface area (Å²) in [5, 5.41) is 8.43. The monoisotopic (exact) mass is 584 g/mol. The molecule has 0 spiro atoms. The number of rotatable bonds is 11. The molecule has 2 atom stereocenters. The molecule has 0 radical (unpaired) electrons. The molecule has 7 nitrogen and oxygen atoms in total. The molecule has 2 unspecified atom stereocenters. The smallest absolute Gasteiger partial charge is 0.246 e. The lowest BCUT2D eigenvalue weighted by molar-refractivity contribution is -0.144. The fourth-order valence-corrected chi connectivity index (χ4v) is 6.51. The first-order valence-corrected chi connectivity index (χ1v) is 16.0. The summed E-state index contributed by atoms with van der Waals surface area (Å²) in [6.07, 6.45) is 10.2. The Morgan fingerprint density at radius 2 is 1.83 bits per heavy atom. The van der Waals surface area contributed by atoms with Crippen molar-refractivity contribution in [3.63, 3.8) is 0 Å². The van der Waals surface area contributed by atoms with E-state index in [1.165, 1.54) is 27.2 Å². The van der Waals surface area contributed by atoms with Crippen LogP contribution in [-0.2, 0) is 14.4 Å². The molecular weight excluding hydrogens is 532 g/mol. The van der Waals surface area contributed by atoms with E-state index in [2.05, 4.69) is 55.9 Å². The van der Waals surface area contributed by atoms with Crippen LogP contribution in [0.5, 0.6) is 0 Å². The van der Waals surface area contributed by atoms with E-state index in [1.807, 2.05) is 39.8 Å². The summed E-state index contributed by atoms with van der Waals surface area (Å²) in [6.45, 7) is 15.6. The second kappa shape index (κ2) is 13.8. The van der Waals surface area contributed by atoms with E-state index in [0.29, 0.717) is 19.5 Å². The SMILES string of the molecule is CCC(C)=CSC(C1=CC=C(CNC(=O)C2CCCN2C(=O)C(NC(=O)C2(N(C)C)CC2)C(C)(C)C)CC1)=C(C)C. The predicted octanol–water partition coefficient (Wildman–Crippen LogP) is 5.71. The molecule has 2 N–H and O–H groups in total. The van der Waals surface area contributed by atoms with Crippen molar-refractivity contribution in [2.24, 2.45) is 5.41 Å². The Hall–Kier alpha value is -2.32. The van der Waals surface area contributed by atoms with Gasteiger partial charge in [-0.1, -0.05) is 68.3 Å². The zero-order valence-corrected chi connectivity index (χ0v) is 27.6. The molecule has 1 heterocycles. The molecule has 228 valence electrons. The Bertz CT molecular complexity index is 1130. The van der Waals surface area contributed by atoms with E-state index in [9.17, 15) is 14.4 Å². The van der Waals surface area contributed by atoms with Crippen LogP contribution in [0.15, 0.2) is 44.8 Å². The average Bonchev–Trinajstić information content (AvgIpc) is 3.59. The van der Waals surface area contributed by atoms with Gasteiger partial charge in [0, 0.05) is 18.0 Å². The van der Waals surface area contributed by atoms with Gasteiger partial charge < -0.3 is 15.5 Å². The number of hydrogen-bond donors (Lipinski definition) is 2. The maximum atomic E-state index is 13.8. The summed E-state index contributed by atoms with van der Waals surface area (Å²) >= 11 is 1.81. The normalized spacial score (nSPS) is 21.2. The number of likely N-dealkylation sites (N-methyl/N-ethyl adjacent to an activating group) is 1. The number of likely N-dealkylation sites (tertiary alicyclic amines) is 1. The van der Waals surface area contributed by atoms with Gasteiger partial charge >= 0.3 is 0 Å². The van der Waals surface area contributed by atoms with Crippen LogP contribution < -0.4 is 10.6 Å². The number of amides is 3. The number of thioether (sulfide) groups is 1. The Morgan fingerprint density at radius 1 is 1.15 bits per heavy atom. The van der Waals surface area contributed by atoms with Crippen LogP contribution in [0.2, 0.25) is 0 Å². The first-order chi connectivity index (χ1) is 19.2. The van der Waals surface area contributed by atoms with Crippen molar-refractivity contribution in [2.75, 3.05) is 27.2 Å². The number of nitrogens with zero attached hydrogens (tertiary/aromatic N) is 2. The van der Waals surface area contributed by atoms with Crippen LogP contribution in [0.3, 0.4) is 0 Å². The van der Waals surface area contributed by atoms with Gasteiger partial charge in [0.05, 0.1) is 5.54 Å². The van der Waals surface area contributed by atoms with E-state index in [1.54, 1.807) is 16.7 Å². The van der Waals surface area contributed by atoms with E-state index >= 15 is 0 Å². The lowest BCUT2D eigenvalue weighted by Gasteiger charge is -2.37. The fraction of sp³-hybridized carbons (Fsp3) is 0.667. The second-order valence-electron chi connectivity index (χ2n) is 13.4. The summed E-state index contributed by atoms with van der Waals surface area (Å²) in [6, 6.07) is -1.20. The molecule has 2 aliphatic carbocycles. The molecule has 41 heavy (non-hydrogen) atoms. The average molecular weight is 585 g/mol. The van der Waals surface area contributed by atoms with E-state index in [0.717, 1.165) is 38.5 Å². The summed E-state index contributed by atoms with van der Waals surface area (Å²) in [5.74, 6) is -0.376. The van der Waals surface area contributed by atoms with Gasteiger partial charge in [-0.25, -0.2) is 0 Å². The number of allylic oxidation sites excluding steroid dienone is 5. The molecule has 0 bridgehead atoms. The summed E-state index contributed by atoms with van der Waals surface area (Å²) < 4.78 is 0. The van der Waals surface area contributed by atoms with Gasteiger partial charge in [-0.05, 0) is 96.2 Å². The van der Waals surface area contributed by atoms with Crippen molar-refractivity contribution in [3.05, 3.63) is 44.8 Å². The zero-order chi connectivity index (χ0) is 30.5. The van der Waals surface area contributed by atoms with Crippen LogP contribution in [0.1, 0.15) is 93.4 Å². The van der Waals surface area contributed by atoms with Crippen LogP contribution in [-0.4, -0.2) is 72.3 Å². The Labute approximate surface area is 252 Å². The van der Waals surface area contributed by atoms with Crippen molar-refractivity contribution < 1.29 is 14.4 Å². The van der Waals surface area contributed by atoms with Crippen LogP contribution in [0.4, 0.5) is 0 Å². The molecule has 1 saturated carbocycles. The zero-order valence-electron chi connectivity index (χ0n) is 26.8. The second-order valence-corrected chi connectivity index (χ2v) is 14.3. The largest absolute Gasteiger partial charge is 0.351 e. The fourth-order valence-electron chi connectivity index (χ4n) is 5.47. The van der Waals surface area contributed by atoms with Crippen LogP contribution >= 0.6 is 11.8 Å². The third-order valence-electron chi connectivity index (χ3n) is 8.64. The number of carbonyl (C=O) groups is 3. The third kappa shape index (κ3) is 8.16. The topological polar surface area (TPSA) is 81.8 Å². The molecule has 3 aliphatic rings. The minimum atomic E-state index is -0.691. The van der Waals surface area contributed by atoms with Gasteiger partial charge in [-0.15, -0.1) is 0 Å². The Morgan fingerprint density at radius 3 is 2.34 bits per heavy atom. The molecule has 2 fully saturated rings. The van der Waals surface area contributed by atoms with Gasteiger partial charge in [-0.2, -0.15) is 0 Å². The summed E-state index contributed by atoms with van der Waals surface area (Å²) in [4.78, 5) is 45.3. The van der Waals surface area contributed by atoms with E-state index in [-0.39, 0.29) is 17.7 Å². The highest BCUT2D eigenvalue weighted by Crippen LogP contribution is 2.41. The molecule has 0 aromatic carbocycles. The first-order valence-electron chi connectivity index (χ1n) is 15.2. The maximum Gasteiger partial charge on any atom is 0.246 e. The molecule has 3 rings (SSSR count). The molecule has 3 amide bonds. The van der Waals surface area contributed by atoms with Crippen molar-refractivity contribution >= 4 is 29.5 Å². The minimum Gasteiger partial charge on any atom is -0.351 e. The van der Waals surface area contributed by atoms with Crippen molar-refractivity contribution in [1.82, 2.24) is 20.4 Å². The molecule has 1 aliphatic heterocycles. The number of carbonyl (C=O) groups excluding carboxylic acids is 3. The first kappa shape index (κ1) is 33.2. The Balaban J connectivity index is 1.64. The van der Waals surface area contributed by atoms with Gasteiger partial charge in [0.15, 0.2) is 0 Å². The summed E-state index contributed by atoms with van der Waals surface area (Å²) in [7, 11) is 3.82. The third-order valence-corrected chi connectivity index (χ3v) is 10.1. The molecule has 8 heteroatoms. The molecular formula is C33H52N4O3S. The number of nitrogens with one attached hydrogen (secondary N) is 2. The highest BCUT2D eigenvalue weighted by Gasteiger charge is 2.53. The quantitative estimate of drug-likeness (QED) is 0.325. The predicted molar refractivity (Wildman–Crippen MR) is 170 cm³/mol. The van der Waals surface area contributed by atoms with E-state index in [4.69, 9.17) is 0 Å². The molecule has 0 aromatic heterocycles. The van der Waals surface area contributed by atoms with Gasteiger partial charge in [0.2, 0.25) is 17.7 Å². The van der Waals surface area contributed by atoms with Gasteiger partial charge in [0.25, 0.3) is 0 Å². The minimum absolute atomic E-state index is 0.0983. The van der Waals surface area contributed by atoms with Crippen molar-refractivity contribution in [2.45, 2.75) is 111 Å². The molecule has 1 saturated heterocycles. The Kier molecular flexibility index (Phi) is 11.1. The molecule has 0 aromatic rings. The summed E-state index contributed by atoms with van der Waals surface area (Å²) in [5.41, 5.74) is 4.22. The highest BCUT2D eigenvalue weighted by molar-refractivity contribution is 8.06. The van der Waals surface area contributed by atoms with E-state index < -0.39 is 23.0 Å². The van der Waals surface area contributed by atoms with Crippen LogP contribution in [0.25, 0.3) is 0 Å². The lowest BCUT2D eigenvalue weighted by Crippen LogP contribution is -2.60. The van der Waals surface area contributed by atoms with Crippen molar-refractivity contribution in [3.8, 4) is 0 Å². The lowest BCUT2D eigenvalue weighted by atomic mass is 9.85. The van der Waals surface area contributed by atoms with Gasteiger partial charge in [-0.3, -0.25) is 19.3 Å².